The summed E-state index contributed by atoms with van der Waals surface area (Å²) in [6, 6.07) is 3.23. The standard InChI is InChI=1S/C10H9ClN4O/c1-15-5-3-8(14-15)10(16)13-9-6-12-4-2-7(9)11/h2-6H,1H3,(H,13,16). The fraction of sp³-hybridized carbons (Fsp3) is 0.100. The highest BCUT2D eigenvalue weighted by atomic mass is 35.5. The number of anilines is 1. The Morgan fingerprint density at radius 1 is 1.50 bits per heavy atom. The third-order valence-electron chi connectivity index (χ3n) is 1.96. The molecule has 2 heterocycles. The number of nitrogens with zero attached hydrogens (tertiary/aromatic N) is 3. The number of rotatable bonds is 2. The molecule has 2 aromatic rings. The first-order valence-corrected chi connectivity index (χ1v) is 4.95. The summed E-state index contributed by atoms with van der Waals surface area (Å²) in [5.74, 6) is -0.310. The minimum absolute atomic E-state index is 0.310. The molecule has 16 heavy (non-hydrogen) atoms. The van der Waals surface area contributed by atoms with E-state index in [2.05, 4.69) is 15.4 Å². The van der Waals surface area contributed by atoms with Crippen LogP contribution >= 0.6 is 11.6 Å². The Balaban J connectivity index is 2.17. The van der Waals surface area contributed by atoms with Gasteiger partial charge in [-0.15, -0.1) is 0 Å². The maximum absolute atomic E-state index is 11.7. The van der Waals surface area contributed by atoms with Crippen molar-refractivity contribution < 1.29 is 4.79 Å². The Bertz CT molecular complexity index is 523. The Morgan fingerprint density at radius 2 is 2.31 bits per heavy atom. The highest BCUT2D eigenvalue weighted by Crippen LogP contribution is 2.19. The van der Waals surface area contributed by atoms with Gasteiger partial charge in [-0.05, 0) is 12.1 Å². The molecule has 0 aromatic carbocycles. The molecule has 0 atom stereocenters. The average Bonchev–Trinajstić information content (AvgIpc) is 2.68. The largest absolute Gasteiger partial charge is 0.318 e. The first-order valence-electron chi connectivity index (χ1n) is 4.57. The molecule has 2 aromatic heterocycles. The molecule has 0 saturated heterocycles. The number of nitrogens with one attached hydrogen (secondary N) is 1. The molecule has 0 aliphatic heterocycles. The van der Waals surface area contributed by atoms with E-state index in [1.54, 1.807) is 36.3 Å². The molecule has 0 saturated carbocycles. The van der Waals surface area contributed by atoms with Crippen molar-refractivity contribution in [3.63, 3.8) is 0 Å². The van der Waals surface area contributed by atoms with E-state index in [4.69, 9.17) is 11.6 Å². The summed E-state index contributed by atoms with van der Waals surface area (Å²) in [6.07, 6.45) is 4.74. The number of amides is 1. The van der Waals surface area contributed by atoms with Crippen LogP contribution in [-0.4, -0.2) is 20.7 Å². The van der Waals surface area contributed by atoms with Gasteiger partial charge in [0.25, 0.3) is 5.91 Å². The molecule has 0 aliphatic rings. The van der Waals surface area contributed by atoms with Gasteiger partial charge < -0.3 is 5.32 Å². The molecule has 0 spiro atoms. The Hall–Kier alpha value is -1.88. The van der Waals surface area contributed by atoms with E-state index in [0.717, 1.165) is 0 Å². The molecule has 0 fully saturated rings. The normalized spacial score (nSPS) is 10.1. The van der Waals surface area contributed by atoms with Gasteiger partial charge in [-0.2, -0.15) is 5.10 Å². The van der Waals surface area contributed by atoms with Crippen LogP contribution < -0.4 is 5.32 Å². The van der Waals surface area contributed by atoms with Gasteiger partial charge in [0.05, 0.1) is 16.9 Å². The second-order valence-corrected chi connectivity index (χ2v) is 3.59. The van der Waals surface area contributed by atoms with E-state index in [1.807, 2.05) is 0 Å². The number of aromatic nitrogens is 3. The molecular formula is C10H9ClN4O. The van der Waals surface area contributed by atoms with E-state index in [-0.39, 0.29) is 5.91 Å². The van der Waals surface area contributed by atoms with Gasteiger partial charge in [-0.1, -0.05) is 11.6 Å². The van der Waals surface area contributed by atoms with Gasteiger partial charge in [-0.3, -0.25) is 14.5 Å². The summed E-state index contributed by atoms with van der Waals surface area (Å²) in [5.41, 5.74) is 0.808. The number of carbonyl (C=O) groups is 1. The molecule has 2 rings (SSSR count). The van der Waals surface area contributed by atoms with Gasteiger partial charge >= 0.3 is 0 Å². The fourth-order valence-corrected chi connectivity index (χ4v) is 1.34. The van der Waals surface area contributed by atoms with Crippen molar-refractivity contribution in [1.82, 2.24) is 14.8 Å². The van der Waals surface area contributed by atoms with Crippen molar-refractivity contribution in [3.05, 3.63) is 41.4 Å². The van der Waals surface area contributed by atoms with E-state index in [0.29, 0.717) is 16.4 Å². The number of halogens is 1. The van der Waals surface area contributed by atoms with Crippen molar-refractivity contribution in [1.29, 1.82) is 0 Å². The van der Waals surface area contributed by atoms with Gasteiger partial charge in [0.15, 0.2) is 5.69 Å². The molecule has 0 aliphatic carbocycles. The summed E-state index contributed by atoms with van der Waals surface area (Å²) in [7, 11) is 1.74. The first kappa shape index (κ1) is 10.6. The summed E-state index contributed by atoms with van der Waals surface area (Å²) in [5, 5.41) is 7.05. The second kappa shape index (κ2) is 4.32. The van der Waals surface area contributed by atoms with Crippen molar-refractivity contribution >= 4 is 23.2 Å². The third kappa shape index (κ3) is 2.20. The van der Waals surface area contributed by atoms with Crippen molar-refractivity contribution in [3.8, 4) is 0 Å². The fourth-order valence-electron chi connectivity index (χ4n) is 1.19. The van der Waals surface area contributed by atoms with Crippen LogP contribution in [0, 0.1) is 0 Å². The zero-order valence-electron chi connectivity index (χ0n) is 8.51. The zero-order valence-corrected chi connectivity index (χ0v) is 9.27. The van der Waals surface area contributed by atoms with Crippen LogP contribution in [0.5, 0.6) is 0 Å². The SMILES string of the molecule is Cn1ccc(C(=O)Nc2cnccc2Cl)n1. The van der Waals surface area contributed by atoms with E-state index < -0.39 is 0 Å². The Morgan fingerprint density at radius 3 is 2.94 bits per heavy atom. The highest BCUT2D eigenvalue weighted by Gasteiger charge is 2.10. The molecule has 1 N–H and O–H groups in total. The molecule has 0 unspecified atom stereocenters. The average molecular weight is 237 g/mol. The Labute approximate surface area is 97.1 Å². The van der Waals surface area contributed by atoms with Crippen LogP contribution in [0.4, 0.5) is 5.69 Å². The number of carbonyl (C=O) groups excluding carboxylic acids is 1. The van der Waals surface area contributed by atoms with Gasteiger partial charge in [0.1, 0.15) is 0 Å². The lowest BCUT2D eigenvalue weighted by atomic mass is 10.3. The zero-order chi connectivity index (χ0) is 11.5. The summed E-state index contributed by atoms with van der Waals surface area (Å²) in [4.78, 5) is 15.6. The molecular weight excluding hydrogens is 228 g/mol. The van der Waals surface area contributed by atoms with E-state index >= 15 is 0 Å². The van der Waals surface area contributed by atoms with Crippen molar-refractivity contribution in [2.75, 3.05) is 5.32 Å². The number of hydrogen-bond acceptors (Lipinski definition) is 3. The minimum Gasteiger partial charge on any atom is -0.318 e. The van der Waals surface area contributed by atoms with Crippen LogP contribution in [0.3, 0.4) is 0 Å². The molecule has 6 heteroatoms. The monoisotopic (exact) mass is 236 g/mol. The molecule has 1 amide bonds. The number of aryl methyl sites for hydroxylation is 1. The van der Waals surface area contributed by atoms with Gasteiger partial charge in [-0.25, -0.2) is 0 Å². The van der Waals surface area contributed by atoms with E-state index in [1.165, 1.54) is 6.20 Å². The summed E-state index contributed by atoms with van der Waals surface area (Å²) >= 11 is 5.88. The number of pyridine rings is 1. The highest BCUT2D eigenvalue weighted by molar-refractivity contribution is 6.33. The van der Waals surface area contributed by atoms with Crippen LogP contribution in [0.1, 0.15) is 10.5 Å². The smallest absolute Gasteiger partial charge is 0.276 e. The van der Waals surface area contributed by atoms with Crippen molar-refractivity contribution in [2.24, 2.45) is 7.05 Å². The summed E-state index contributed by atoms with van der Waals surface area (Å²) < 4.78 is 1.56. The lowest BCUT2D eigenvalue weighted by molar-refractivity contribution is 0.102. The predicted molar refractivity (Wildman–Crippen MR) is 60.4 cm³/mol. The lowest BCUT2D eigenvalue weighted by Crippen LogP contribution is -2.13. The second-order valence-electron chi connectivity index (χ2n) is 3.18. The third-order valence-corrected chi connectivity index (χ3v) is 2.29. The van der Waals surface area contributed by atoms with Crippen LogP contribution in [-0.2, 0) is 7.05 Å². The predicted octanol–water partition coefficient (Wildman–Crippen LogP) is 1.72. The lowest BCUT2D eigenvalue weighted by Gasteiger charge is -2.03. The molecule has 5 nitrogen and oxygen atoms in total. The first-order chi connectivity index (χ1) is 7.66. The summed E-state index contributed by atoms with van der Waals surface area (Å²) in [6.45, 7) is 0. The molecule has 0 radical (unpaired) electrons. The maximum atomic E-state index is 11.7. The number of hydrogen-bond donors (Lipinski definition) is 1. The topological polar surface area (TPSA) is 59.8 Å². The van der Waals surface area contributed by atoms with Crippen molar-refractivity contribution in [2.45, 2.75) is 0 Å². The Kier molecular flexibility index (Phi) is 2.87. The molecule has 82 valence electrons. The maximum Gasteiger partial charge on any atom is 0.276 e. The molecule has 0 bridgehead atoms. The van der Waals surface area contributed by atoms with Gasteiger partial charge in [0.2, 0.25) is 0 Å². The van der Waals surface area contributed by atoms with Crippen LogP contribution in [0.25, 0.3) is 0 Å². The quantitative estimate of drug-likeness (QED) is 0.864. The van der Waals surface area contributed by atoms with Gasteiger partial charge in [0, 0.05) is 19.4 Å². The minimum atomic E-state index is -0.310. The van der Waals surface area contributed by atoms with E-state index in [9.17, 15) is 4.79 Å². The van der Waals surface area contributed by atoms with Crippen LogP contribution in [0.2, 0.25) is 5.02 Å². The van der Waals surface area contributed by atoms with Crippen LogP contribution in [0.15, 0.2) is 30.7 Å².